The number of halogens is 1. The van der Waals surface area contributed by atoms with Gasteiger partial charge in [-0.25, -0.2) is 0 Å². The van der Waals surface area contributed by atoms with Crippen molar-refractivity contribution < 1.29 is 10.0 Å². The minimum Gasteiger partial charge on any atom is -0.409 e. The lowest BCUT2D eigenvalue weighted by molar-refractivity contribution is 0.0922. The second-order valence-electron chi connectivity index (χ2n) is 5.19. The van der Waals surface area contributed by atoms with Crippen LogP contribution in [-0.2, 0) is 0 Å². The van der Waals surface area contributed by atoms with Crippen LogP contribution in [0.2, 0.25) is 0 Å². The van der Waals surface area contributed by atoms with Crippen molar-refractivity contribution in [3.63, 3.8) is 0 Å². The Morgan fingerprint density at radius 1 is 1.45 bits per heavy atom. The van der Waals surface area contributed by atoms with E-state index in [-0.39, 0.29) is 11.7 Å². The maximum Gasteiger partial charge on any atom is 0.252 e. The van der Waals surface area contributed by atoms with Gasteiger partial charge in [-0.3, -0.25) is 4.79 Å². The van der Waals surface area contributed by atoms with Crippen molar-refractivity contribution in [1.82, 2.24) is 5.32 Å². The lowest BCUT2D eigenvalue weighted by atomic mass is 9.95. The molecule has 1 aromatic carbocycles. The molecule has 0 atom stereocenters. The number of hydrogen-bond donors (Lipinski definition) is 3. The number of rotatable bonds is 3. The van der Waals surface area contributed by atoms with Gasteiger partial charge in [-0.15, -0.1) is 0 Å². The van der Waals surface area contributed by atoms with Gasteiger partial charge in [-0.1, -0.05) is 33.9 Å². The van der Waals surface area contributed by atoms with Gasteiger partial charge in [0.2, 0.25) is 0 Å². The Balaban J connectivity index is 2.23. The quantitative estimate of drug-likeness (QED) is 0.342. The van der Waals surface area contributed by atoms with Gasteiger partial charge in [-0.05, 0) is 43.5 Å². The lowest BCUT2D eigenvalue weighted by Crippen LogP contribution is -2.55. The minimum atomic E-state index is -0.715. The molecular formula is C14H18BrN3O2. The van der Waals surface area contributed by atoms with Gasteiger partial charge < -0.3 is 16.3 Å². The van der Waals surface area contributed by atoms with Gasteiger partial charge in [0, 0.05) is 10.0 Å². The summed E-state index contributed by atoms with van der Waals surface area (Å²) in [6.07, 6.45) is 3.31. The summed E-state index contributed by atoms with van der Waals surface area (Å²) in [5.41, 5.74) is 6.62. The summed E-state index contributed by atoms with van der Waals surface area (Å²) in [5, 5.41) is 15.0. The maximum atomic E-state index is 12.4. The molecule has 1 aromatic rings. The first-order chi connectivity index (χ1) is 9.48. The maximum absolute atomic E-state index is 12.4. The molecule has 5 nitrogen and oxygen atoms in total. The summed E-state index contributed by atoms with van der Waals surface area (Å²) in [6.45, 7) is 1.93. The Labute approximate surface area is 126 Å². The standard InChI is InChI=1S/C14H18BrN3O2/c1-9-8-10(4-5-11(9)15)12(19)17-14(13(16)18-20)6-2-3-7-14/h4-5,8,20H,2-3,6-7H2,1H3,(H2,16,18)(H,17,19). The number of benzene rings is 1. The van der Waals surface area contributed by atoms with Crippen LogP contribution >= 0.6 is 15.9 Å². The van der Waals surface area contributed by atoms with Crippen molar-refractivity contribution in [2.75, 3.05) is 0 Å². The highest BCUT2D eigenvalue weighted by molar-refractivity contribution is 9.10. The molecule has 0 radical (unpaired) electrons. The molecule has 1 aliphatic carbocycles. The molecule has 1 amide bonds. The van der Waals surface area contributed by atoms with E-state index in [1.54, 1.807) is 6.07 Å². The molecule has 108 valence electrons. The van der Waals surface area contributed by atoms with Gasteiger partial charge in [0.1, 0.15) is 5.54 Å². The first-order valence-corrected chi connectivity index (χ1v) is 7.34. The topological polar surface area (TPSA) is 87.7 Å². The Kier molecular flexibility index (Phi) is 4.32. The molecule has 0 aliphatic heterocycles. The van der Waals surface area contributed by atoms with Crippen molar-refractivity contribution in [3.05, 3.63) is 33.8 Å². The van der Waals surface area contributed by atoms with E-state index in [2.05, 4.69) is 26.4 Å². The highest BCUT2D eigenvalue weighted by Gasteiger charge is 2.39. The van der Waals surface area contributed by atoms with Gasteiger partial charge >= 0.3 is 0 Å². The monoisotopic (exact) mass is 339 g/mol. The van der Waals surface area contributed by atoms with Crippen LogP contribution in [0.1, 0.15) is 41.6 Å². The predicted molar refractivity (Wildman–Crippen MR) is 81.0 cm³/mol. The number of nitrogens with zero attached hydrogens (tertiary/aromatic N) is 1. The Morgan fingerprint density at radius 3 is 2.65 bits per heavy atom. The van der Waals surface area contributed by atoms with Gasteiger partial charge in [-0.2, -0.15) is 0 Å². The van der Waals surface area contributed by atoms with Crippen LogP contribution < -0.4 is 11.1 Å². The van der Waals surface area contributed by atoms with Gasteiger partial charge in [0.25, 0.3) is 5.91 Å². The van der Waals surface area contributed by atoms with Crippen LogP contribution in [0.15, 0.2) is 27.8 Å². The Hall–Kier alpha value is -1.56. The van der Waals surface area contributed by atoms with E-state index in [0.717, 1.165) is 22.9 Å². The van der Waals surface area contributed by atoms with Gasteiger partial charge in [0.05, 0.1) is 0 Å². The second kappa shape index (κ2) is 5.83. The van der Waals surface area contributed by atoms with Crippen LogP contribution in [0.25, 0.3) is 0 Å². The zero-order chi connectivity index (χ0) is 14.8. The number of aryl methyl sites for hydroxylation is 1. The van der Waals surface area contributed by atoms with Crippen molar-refractivity contribution in [1.29, 1.82) is 0 Å². The fourth-order valence-electron chi connectivity index (χ4n) is 2.59. The smallest absolute Gasteiger partial charge is 0.252 e. The molecule has 0 saturated heterocycles. The fourth-order valence-corrected chi connectivity index (χ4v) is 2.84. The SMILES string of the molecule is Cc1cc(C(=O)NC2(/C(N)=N/O)CCCC2)ccc1Br. The first kappa shape index (κ1) is 14.8. The molecular weight excluding hydrogens is 322 g/mol. The number of nitrogens with one attached hydrogen (secondary N) is 1. The molecule has 0 bridgehead atoms. The number of nitrogens with two attached hydrogens (primary N) is 1. The molecule has 4 N–H and O–H groups in total. The number of amidine groups is 1. The van der Waals surface area contributed by atoms with Crippen LogP contribution in [0.4, 0.5) is 0 Å². The van der Waals surface area contributed by atoms with E-state index in [0.29, 0.717) is 18.4 Å². The fraction of sp³-hybridized carbons (Fsp3) is 0.429. The van der Waals surface area contributed by atoms with Crippen molar-refractivity contribution >= 4 is 27.7 Å². The summed E-state index contributed by atoms with van der Waals surface area (Å²) in [7, 11) is 0. The number of carbonyl (C=O) groups is 1. The molecule has 2 rings (SSSR count). The normalized spacial score (nSPS) is 18.0. The zero-order valence-electron chi connectivity index (χ0n) is 11.3. The first-order valence-electron chi connectivity index (χ1n) is 6.55. The molecule has 1 saturated carbocycles. The van der Waals surface area contributed by atoms with Crippen LogP contribution in [-0.4, -0.2) is 22.5 Å². The largest absolute Gasteiger partial charge is 0.409 e. The minimum absolute atomic E-state index is 0.0807. The van der Waals surface area contributed by atoms with Crippen molar-refractivity contribution in [2.24, 2.45) is 10.9 Å². The lowest BCUT2D eigenvalue weighted by Gasteiger charge is -2.28. The molecule has 6 heteroatoms. The molecule has 0 spiro atoms. The van der Waals surface area contributed by atoms with Crippen LogP contribution in [0.3, 0.4) is 0 Å². The molecule has 0 heterocycles. The number of oxime groups is 1. The highest BCUT2D eigenvalue weighted by atomic mass is 79.9. The average Bonchev–Trinajstić information content (AvgIpc) is 2.90. The van der Waals surface area contributed by atoms with E-state index in [1.165, 1.54) is 0 Å². The summed E-state index contributed by atoms with van der Waals surface area (Å²) in [4.78, 5) is 12.4. The summed E-state index contributed by atoms with van der Waals surface area (Å²) in [5.74, 6) is -0.119. The van der Waals surface area contributed by atoms with Gasteiger partial charge in [0.15, 0.2) is 5.84 Å². The second-order valence-corrected chi connectivity index (χ2v) is 6.05. The highest BCUT2D eigenvalue weighted by Crippen LogP contribution is 2.30. The van der Waals surface area contributed by atoms with E-state index in [1.807, 2.05) is 19.1 Å². The number of carbonyl (C=O) groups excluding carboxylic acids is 1. The van der Waals surface area contributed by atoms with E-state index in [4.69, 9.17) is 10.9 Å². The third-order valence-electron chi connectivity index (χ3n) is 3.83. The van der Waals surface area contributed by atoms with E-state index in [9.17, 15) is 4.79 Å². The van der Waals surface area contributed by atoms with Crippen molar-refractivity contribution in [2.45, 2.75) is 38.1 Å². The van der Waals surface area contributed by atoms with E-state index < -0.39 is 5.54 Å². The van der Waals surface area contributed by atoms with Crippen LogP contribution in [0.5, 0.6) is 0 Å². The van der Waals surface area contributed by atoms with E-state index >= 15 is 0 Å². The van der Waals surface area contributed by atoms with Crippen LogP contribution in [0, 0.1) is 6.92 Å². The summed E-state index contributed by atoms with van der Waals surface area (Å²) in [6, 6.07) is 5.41. The average molecular weight is 340 g/mol. The third-order valence-corrected chi connectivity index (χ3v) is 4.72. The molecule has 0 unspecified atom stereocenters. The zero-order valence-corrected chi connectivity index (χ0v) is 12.9. The number of amides is 1. The molecule has 0 aromatic heterocycles. The predicted octanol–water partition coefficient (Wildman–Crippen LogP) is 2.55. The molecule has 20 heavy (non-hydrogen) atoms. The molecule has 1 fully saturated rings. The summed E-state index contributed by atoms with van der Waals surface area (Å²) < 4.78 is 0.959. The van der Waals surface area contributed by atoms with Crippen molar-refractivity contribution in [3.8, 4) is 0 Å². The third kappa shape index (κ3) is 2.80. The Bertz CT molecular complexity index is 551. The Morgan fingerprint density at radius 2 is 2.10 bits per heavy atom. The number of hydrogen-bond acceptors (Lipinski definition) is 3. The summed E-state index contributed by atoms with van der Waals surface area (Å²) >= 11 is 3.41. The molecule has 1 aliphatic rings.